The number of nitrogens with zero attached hydrogens (tertiary/aromatic N) is 2. The molecule has 1 N–H and O–H groups in total. The van der Waals surface area contributed by atoms with Crippen molar-refractivity contribution >= 4 is 21.6 Å². The SMILES string of the molecule is Cc1ccc(NC(=O)CN(C)C(C)C)cc1S(=O)(=O)N(C)C. The lowest BCUT2D eigenvalue weighted by atomic mass is 10.2. The highest BCUT2D eigenvalue weighted by Crippen LogP contribution is 2.22. The van der Waals surface area contributed by atoms with Crippen LogP contribution in [0.15, 0.2) is 23.1 Å². The summed E-state index contributed by atoms with van der Waals surface area (Å²) in [7, 11) is 1.30. The van der Waals surface area contributed by atoms with Crippen LogP contribution in [0.3, 0.4) is 0 Å². The Labute approximate surface area is 133 Å². The van der Waals surface area contributed by atoms with Crippen LogP contribution in [0, 0.1) is 6.92 Å². The van der Waals surface area contributed by atoms with Crippen LogP contribution in [0.5, 0.6) is 0 Å². The molecule has 0 aliphatic rings. The van der Waals surface area contributed by atoms with Gasteiger partial charge in [0.1, 0.15) is 0 Å². The molecule has 0 spiro atoms. The predicted octanol–water partition coefficient (Wildman–Crippen LogP) is 1.52. The van der Waals surface area contributed by atoms with Crippen molar-refractivity contribution in [2.24, 2.45) is 0 Å². The lowest BCUT2D eigenvalue weighted by Gasteiger charge is -2.20. The molecular weight excluding hydrogens is 302 g/mol. The normalized spacial score (nSPS) is 12.2. The summed E-state index contributed by atoms with van der Waals surface area (Å²) in [6.07, 6.45) is 0. The average molecular weight is 327 g/mol. The van der Waals surface area contributed by atoms with Gasteiger partial charge in [0.15, 0.2) is 0 Å². The summed E-state index contributed by atoms with van der Waals surface area (Å²) < 4.78 is 25.7. The van der Waals surface area contributed by atoms with E-state index in [0.717, 1.165) is 4.31 Å². The van der Waals surface area contributed by atoms with Gasteiger partial charge < -0.3 is 5.32 Å². The van der Waals surface area contributed by atoms with Crippen molar-refractivity contribution in [2.45, 2.75) is 31.7 Å². The zero-order valence-corrected chi connectivity index (χ0v) is 14.9. The van der Waals surface area contributed by atoms with Crippen LogP contribution in [0.2, 0.25) is 0 Å². The van der Waals surface area contributed by atoms with Crippen molar-refractivity contribution in [1.82, 2.24) is 9.21 Å². The molecule has 1 rings (SSSR count). The first-order chi connectivity index (χ1) is 10.1. The fourth-order valence-electron chi connectivity index (χ4n) is 1.76. The molecule has 22 heavy (non-hydrogen) atoms. The Morgan fingerprint density at radius 3 is 2.32 bits per heavy atom. The third kappa shape index (κ3) is 4.53. The number of sulfonamides is 1. The number of nitrogens with one attached hydrogen (secondary N) is 1. The van der Waals surface area contributed by atoms with E-state index in [9.17, 15) is 13.2 Å². The number of hydrogen-bond donors (Lipinski definition) is 1. The zero-order chi connectivity index (χ0) is 17.1. The number of anilines is 1. The lowest BCUT2D eigenvalue weighted by Crippen LogP contribution is -2.34. The van der Waals surface area contributed by atoms with Gasteiger partial charge in [-0.2, -0.15) is 0 Å². The standard InChI is InChI=1S/C15H25N3O3S/c1-11(2)18(6)10-15(19)16-13-8-7-12(3)14(9-13)22(20,21)17(4)5/h7-9,11H,10H2,1-6H3,(H,16,19). The van der Waals surface area contributed by atoms with Gasteiger partial charge in [-0.15, -0.1) is 0 Å². The van der Waals surface area contributed by atoms with E-state index in [2.05, 4.69) is 5.32 Å². The second-order valence-electron chi connectivity index (χ2n) is 5.82. The van der Waals surface area contributed by atoms with E-state index in [1.165, 1.54) is 20.2 Å². The Bertz CT molecular complexity index is 639. The molecule has 0 bridgehead atoms. The maximum atomic E-state index is 12.3. The van der Waals surface area contributed by atoms with Crippen LogP contribution in [0.1, 0.15) is 19.4 Å². The number of benzene rings is 1. The average Bonchev–Trinajstić information content (AvgIpc) is 2.40. The van der Waals surface area contributed by atoms with Gasteiger partial charge in [-0.25, -0.2) is 12.7 Å². The number of carbonyl (C=O) groups excluding carboxylic acids is 1. The highest BCUT2D eigenvalue weighted by molar-refractivity contribution is 7.89. The summed E-state index contributed by atoms with van der Waals surface area (Å²) in [6.45, 7) is 5.98. The van der Waals surface area contributed by atoms with Gasteiger partial charge in [-0.1, -0.05) is 6.07 Å². The minimum Gasteiger partial charge on any atom is -0.325 e. The van der Waals surface area contributed by atoms with E-state index in [0.29, 0.717) is 11.3 Å². The number of amides is 1. The number of carbonyl (C=O) groups is 1. The highest BCUT2D eigenvalue weighted by atomic mass is 32.2. The van der Waals surface area contributed by atoms with Gasteiger partial charge in [0.2, 0.25) is 15.9 Å². The smallest absolute Gasteiger partial charge is 0.242 e. The maximum Gasteiger partial charge on any atom is 0.242 e. The maximum absolute atomic E-state index is 12.3. The van der Waals surface area contributed by atoms with Gasteiger partial charge in [-0.05, 0) is 45.5 Å². The minimum absolute atomic E-state index is 0.173. The van der Waals surface area contributed by atoms with Crippen LogP contribution in [-0.4, -0.2) is 57.3 Å². The van der Waals surface area contributed by atoms with Gasteiger partial charge in [-0.3, -0.25) is 9.69 Å². The predicted molar refractivity (Wildman–Crippen MR) is 88.4 cm³/mol. The number of likely N-dealkylation sites (N-methyl/N-ethyl adjacent to an activating group) is 1. The molecule has 0 radical (unpaired) electrons. The molecule has 0 fully saturated rings. The fraction of sp³-hybridized carbons (Fsp3) is 0.533. The molecule has 0 aliphatic heterocycles. The molecular formula is C15H25N3O3S. The van der Waals surface area contributed by atoms with Gasteiger partial charge in [0.25, 0.3) is 0 Å². The van der Waals surface area contributed by atoms with E-state index in [1.54, 1.807) is 19.1 Å². The van der Waals surface area contributed by atoms with Crippen LogP contribution in [0.25, 0.3) is 0 Å². The van der Waals surface area contributed by atoms with Crippen molar-refractivity contribution in [3.63, 3.8) is 0 Å². The van der Waals surface area contributed by atoms with Crippen LogP contribution in [0.4, 0.5) is 5.69 Å². The molecule has 0 saturated carbocycles. The molecule has 7 heteroatoms. The number of aryl methyl sites for hydroxylation is 1. The lowest BCUT2D eigenvalue weighted by molar-refractivity contribution is -0.117. The molecule has 0 aliphatic carbocycles. The Kier molecular flexibility index (Phi) is 6.10. The molecule has 124 valence electrons. The first-order valence-corrected chi connectivity index (χ1v) is 8.53. The molecule has 0 aromatic heterocycles. The fourth-order valence-corrected chi connectivity index (χ4v) is 2.91. The van der Waals surface area contributed by atoms with Crippen molar-refractivity contribution in [2.75, 3.05) is 33.0 Å². The molecule has 1 aromatic carbocycles. The summed E-state index contributed by atoms with van der Waals surface area (Å²) in [6, 6.07) is 5.15. The second kappa shape index (κ2) is 7.21. The van der Waals surface area contributed by atoms with E-state index >= 15 is 0 Å². The molecule has 0 unspecified atom stereocenters. The van der Waals surface area contributed by atoms with Crippen molar-refractivity contribution in [3.8, 4) is 0 Å². The second-order valence-corrected chi connectivity index (χ2v) is 7.94. The zero-order valence-electron chi connectivity index (χ0n) is 14.0. The van der Waals surface area contributed by atoms with Crippen LogP contribution >= 0.6 is 0 Å². The van der Waals surface area contributed by atoms with Crippen molar-refractivity contribution in [3.05, 3.63) is 23.8 Å². The van der Waals surface area contributed by atoms with Gasteiger partial charge >= 0.3 is 0 Å². The summed E-state index contributed by atoms with van der Waals surface area (Å²) in [5, 5.41) is 2.74. The number of rotatable bonds is 6. The Morgan fingerprint density at radius 2 is 1.82 bits per heavy atom. The third-order valence-electron chi connectivity index (χ3n) is 3.51. The molecule has 0 atom stereocenters. The number of hydrogen-bond acceptors (Lipinski definition) is 4. The molecule has 1 amide bonds. The first kappa shape index (κ1) is 18.6. The van der Waals surface area contributed by atoms with Crippen molar-refractivity contribution < 1.29 is 13.2 Å². The van der Waals surface area contributed by atoms with Crippen molar-refractivity contribution in [1.29, 1.82) is 0 Å². The molecule has 0 heterocycles. The van der Waals surface area contributed by atoms with E-state index in [-0.39, 0.29) is 23.4 Å². The van der Waals surface area contributed by atoms with E-state index < -0.39 is 10.0 Å². The van der Waals surface area contributed by atoms with Crippen LogP contribution < -0.4 is 5.32 Å². The monoisotopic (exact) mass is 327 g/mol. The summed E-state index contributed by atoms with van der Waals surface area (Å²) >= 11 is 0. The topological polar surface area (TPSA) is 69.7 Å². The third-order valence-corrected chi connectivity index (χ3v) is 5.46. The first-order valence-electron chi connectivity index (χ1n) is 7.09. The summed E-state index contributed by atoms with van der Waals surface area (Å²) in [5.41, 5.74) is 1.12. The Morgan fingerprint density at radius 1 is 1.23 bits per heavy atom. The van der Waals surface area contributed by atoms with E-state index in [1.807, 2.05) is 25.8 Å². The Balaban J connectivity index is 2.98. The summed E-state index contributed by atoms with van der Waals surface area (Å²) in [4.78, 5) is 14.1. The van der Waals surface area contributed by atoms with Gasteiger partial charge in [0.05, 0.1) is 11.4 Å². The summed E-state index contributed by atoms with van der Waals surface area (Å²) in [5.74, 6) is -0.173. The largest absolute Gasteiger partial charge is 0.325 e. The Hall–Kier alpha value is -1.44. The minimum atomic E-state index is -3.53. The van der Waals surface area contributed by atoms with Crippen LogP contribution in [-0.2, 0) is 14.8 Å². The molecule has 0 saturated heterocycles. The highest BCUT2D eigenvalue weighted by Gasteiger charge is 2.20. The van der Waals surface area contributed by atoms with E-state index in [4.69, 9.17) is 0 Å². The molecule has 1 aromatic rings. The molecule has 6 nitrogen and oxygen atoms in total. The quantitative estimate of drug-likeness (QED) is 0.860. The van der Waals surface area contributed by atoms with Gasteiger partial charge in [0, 0.05) is 25.8 Å².